The van der Waals surface area contributed by atoms with Crippen LogP contribution in [0.3, 0.4) is 0 Å². The molecule has 6 nitrogen and oxygen atoms in total. The number of ether oxygens (including phenoxy) is 3. The Morgan fingerprint density at radius 1 is 0.879 bits per heavy atom. The Balaban J connectivity index is 1.76. The molecule has 0 unspecified atom stereocenters. The number of hydrogen-bond acceptors (Lipinski definition) is 6. The van der Waals surface area contributed by atoms with E-state index in [1.165, 1.54) is 31.5 Å². The van der Waals surface area contributed by atoms with Crippen molar-refractivity contribution in [1.82, 2.24) is 9.78 Å². The van der Waals surface area contributed by atoms with Gasteiger partial charge < -0.3 is 14.2 Å². The van der Waals surface area contributed by atoms with E-state index in [4.69, 9.17) is 14.2 Å². The van der Waals surface area contributed by atoms with Crippen LogP contribution in [0.4, 0.5) is 0 Å². The van der Waals surface area contributed by atoms with Gasteiger partial charge in [0.2, 0.25) is 5.88 Å². The first-order valence-corrected chi connectivity index (χ1v) is 11.1. The van der Waals surface area contributed by atoms with Gasteiger partial charge in [-0.15, -0.1) is 0 Å². The minimum atomic E-state index is -0.532. The summed E-state index contributed by atoms with van der Waals surface area (Å²) < 4.78 is 18.2. The van der Waals surface area contributed by atoms with Crippen molar-refractivity contribution in [2.75, 3.05) is 14.2 Å². The normalized spacial score (nSPS) is 10.7. The third-order valence-corrected chi connectivity index (χ3v) is 6.17. The molecule has 0 fully saturated rings. The average molecular weight is 461 g/mol. The lowest BCUT2D eigenvalue weighted by Crippen LogP contribution is -2.12. The van der Waals surface area contributed by atoms with Crippen molar-refractivity contribution in [3.05, 3.63) is 89.6 Å². The number of aryl methyl sites for hydroxylation is 2. The summed E-state index contributed by atoms with van der Waals surface area (Å²) in [6, 6.07) is 22.7. The fourth-order valence-electron chi connectivity index (χ4n) is 3.24. The Morgan fingerprint density at radius 3 is 2.12 bits per heavy atom. The second-order valence-electron chi connectivity index (χ2n) is 7.37. The number of aromatic nitrogens is 2. The Labute approximate surface area is 197 Å². The highest BCUT2D eigenvalue weighted by Gasteiger charge is 2.23. The first-order chi connectivity index (χ1) is 16.0. The van der Waals surface area contributed by atoms with E-state index >= 15 is 0 Å². The van der Waals surface area contributed by atoms with Gasteiger partial charge >= 0.3 is 5.97 Å². The number of carbonyl (C=O) groups excluding carboxylic acids is 1. The Bertz CT molecular complexity index is 1250. The molecule has 0 saturated carbocycles. The molecular formula is C26H24N2O4S. The zero-order chi connectivity index (χ0) is 23.4. The maximum atomic E-state index is 13.2. The second-order valence-corrected chi connectivity index (χ2v) is 8.46. The number of esters is 1. The molecule has 0 amide bonds. The molecule has 0 atom stereocenters. The lowest BCUT2D eigenvalue weighted by Gasteiger charge is -2.12. The van der Waals surface area contributed by atoms with Crippen molar-refractivity contribution < 1.29 is 19.0 Å². The van der Waals surface area contributed by atoms with Gasteiger partial charge in [-0.25, -0.2) is 4.79 Å². The van der Waals surface area contributed by atoms with E-state index in [1.54, 1.807) is 22.9 Å². The molecule has 3 aromatic carbocycles. The summed E-state index contributed by atoms with van der Waals surface area (Å²) in [6.07, 6.45) is 0. The molecule has 0 aliphatic carbocycles. The van der Waals surface area contributed by atoms with E-state index in [0.717, 1.165) is 21.2 Å². The molecule has 7 heteroatoms. The van der Waals surface area contributed by atoms with E-state index in [2.05, 4.69) is 5.10 Å². The zero-order valence-corrected chi connectivity index (χ0v) is 19.7. The SMILES string of the molecule is COc1cc(OC)cc(C(=O)Oc2c(Sc3ccc(C)cc3)c(C)nn2-c2ccccc2)c1. The summed E-state index contributed by atoms with van der Waals surface area (Å²) in [5, 5.41) is 4.68. The van der Waals surface area contributed by atoms with Crippen LogP contribution in [0, 0.1) is 13.8 Å². The Morgan fingerprint density at radius 2 is 1.52 bits per heavy atom. The van der Waals surface area contributed by atoms with Crippen molar-refractivity contribution in [2.24, 2.45) is 0 Å². The van der Waals surface area contributed by atoms with Gasteiger partial charge in [-0.3, -0.25) is 0 Å². The number of hydrogen-bond donors (Lipinski definition) is 0. The average Bonchev–Trinajstić information content (AvgIpc) is 3.15. The van der Waals surface area contributed by atoms with Crippen LogP contribution in [-0.2, 0) is 0 Å². The van der Waals surface area contributed by atoms with Crippen molar-refractivity contribution in [2.45, 2.75) is 23.6 Å². The van der Waals surface area contributed by atoms with Crippen molar-refractivity contribution >= 4 is 17.7 Å². The molecule has 168 valence electrons. The maximum Gasteiger partial charge on any atom is 0.345 e. The lowest BCUT2D eigenvalue weighted by atomic mass is 10.2. The van der Waals surface area contributed by atoms with Gasteiger partial charge in [-0.05, 0) is 50.2 Å². The quantitative estimate of drug-likeness (QED) is 0.321. The highest BCUT2D eigenvalue weighted by molar-refractivity contribution is 7.99. The summed E-state index contributed by atoms with van der Waals surface area (Å²) in [7, 11) is 3.07. The van der Waals surface area contributed by atoms with E-state index < -0.39 is 5.97 Å². The fourth-order valence-corrected chi connectivity index (χ4v) is 4.15. The van der Waals surface area contributed by atoms with Crippen LogP contribution in [0.1, 0.15) is 21.6 Å². The summed E-state index contributed by atoms with van der Waals surface area (Å²) in [6.45, 7) is 3.95. The summed E-state index contributed by atoms with van der Waals surface area (Å²) >= 11 is 1.51. The van der Waals surface area contributed by atoms with Gasteiger partial charge in [0, 0.05) is 11.0 Å². The van der Waals surface area contributed by atoms with Gasteiger partial charge in [0.1, 0.15) is 11.5 Å². The molecule has 33 heavy (non-hydrogen) atoms. The number of carbonyl (C=O) groups is 1. The van der Waals surface area contributed by atoms with Gasteiger partial charge in [-0.2, -0.15) is 9.78 Å². The largest absolute Gasteiger partial charge is 0.497 e. The number of para-hydroxylation sites is 1. The van der Waals surface area contributed by atoms with Gasteiger partial charge in [-0.1, -0.05) is 47.7 Å². The highest BCUT2D eigenvalue weighted by atomic mass is 32.2. The van der Waals surface area contributed by atoms with Crippen LogP contribution >= 0.6 is 11.8 Å². The molecule has 0 aliphatic rings. The van der Waals surface area contributed by atoms with Crippen LogP contribution in [0.5, 0.6) is 17.4 Å². The molecule has 4 rings (SSSR count). The van der Waals surface area contributed by atoms with Gasteiger partial charge in [0.25, 0.3) is 0 Å². The molecule has 0 N–H and O–H groups in total. The third-order valence-electron chi connectivity index (χ3n) is 4.98. The molecule has 0 spiro atoms. The minimum Gasteiger partial charge on any atom is -0.497 e. The first kappa shape index (κ1) is 22.5. The summed E-state index contributed by atoms with van der Waals surface area (Å²) in [5.74, 6) is 0.831. The summed E-state index contributed by atoms with van der Waals surface area (Å²) in [5.41, 5.74) is 3.04. The predicted octanol–water partition coefficient (Wildman–Crippen LogP) is 5.88. The number of methoxy groups -OCH3 is 2. The molecular weight excluding hydrogens is 436 g/mol. The second kappa shape index (κ2) is 9.83. The topological polar surface area (TPSA) is 62.6 Å². The zero-order valence-electron chi connectivity index (χ0n) is 18.9. The van der Waals surface area contributed by atoms with Crippen LogP contribution in [-0.4, -0.2) is 30.0 Å². The van der Waals surface area contributed by atoms with Gasteiger partial charge in [0.15, 0.2) is 0 Å². The molecule has 0 radical (unpaired) electrons. The lowest BCUT2D eigenvalue weighted by molar-refractivity contribution is 0.0717. The van der Waals surface area contributed by atoms with Crippen LogP contribution in [0.2, 0.25) is 0 Å². The Kier molecular flexibility index (Phi) is 6.70. The molecule has 0 bridgehead atoms. The molecule has 0 aliphatic heterocycles. The number of nitrogens with zero attached hydrogens (tertiary/aromatic N) is 2. The van der Waals surface area contributed by atoms with E-state index in [-0.39, 0.29) is 0 Å². The van der Waals surface area contributed by atoms with Gasteiger partial charge in [0.05, 0.1) is 36.1 Å². The Hall–Kier alpha value is -3.71. The molecule has 1 aromatic heterocycles. The van der Waals surface area contributed by atoms with Crippen LogP contribution < -0.4 is 14.2 Å². The van der Waals surface area contributed by atoms with Crippen LogP contribution in [0.15, 0.2) is 82.6 Å². The maximum absolute atomic E-state index is 13.2. The fraction of sp³-hybridized carbons (Fsp3) is 0.154. The standard InChI is InChI=1S/C26H24N2O4S/c1-17-10-12-23(13-11-17)33-24-18(2)27-28(20-8-6-5-7-9-20)25(24)32-26(29)19-14-21(30-3)16-22(15-19)31-4/h5-16H,1-4H3. The molecule has 0 saturated heterocycles. The monoisotopic (exact) mass is 460 g/mol. The molecule has 4 aromatic rings. The summed E-state index contributed by atoms with van der Waals surface area (Å²) in [4.78, 5) is 15.0. The van der Waals surface area contributed by atoms with Crippen molar-refractivity contribution in [3.63, 3.8) is 0 Å². The third kappa shape index (κ3) is 5.04. The smallest absolute Gasteiger partial charge is 0.345 e. The first-order valence-electron chi connectivity index (χ1n) is 10.3. The van der Waals surface area contributed by atoms with Crippen molar-refractivity contribution in [3.8, 4) is 23.1 Å². The molecule has 1 heterocycles. The number of benzene rings is 3. The minimum absolute atomic E-state index is 0.316. The van der Waals surface area contributed by atoms with E-state index in [0.29, 0.717) is 22.9 Å². The predicted molar refractivity (Wildman–Crippen MR) is 128 cm³/mol. The van der Waals surface area contributed by atoms with E-state index in [1.807, 2.05) is 68.4 Å². The van der Waals surface area contributed by atoms with E-state index in [9.17, 15) is 4.79 Å². The number of rotatable bonds is 7. The highest BCUT2D eigenvalue weighted by Crippen LogP contribution is 2.39. The van der Waals surface area contributed by atoms with Crippen molar-refractivity contribution in [1.29, 1.82) is 0 Å². The van der Waals surface area contributed by atoms with Crippen LogP contribution in [0.25, 0.3) is 5.69 Å².